The van der Waals surface area contributed by atoms with E-state index >= 15 is 0 Å². The number of anilines is 1. The fourth-order valence-electron chi connectivity index (χ4n) is 3.68. The molecule has 0 spiro atoms. The van der Waals surface area contributed by atoms with Gasteiger partial charge >= 0.3 is 6.03 Å². The summed E-state index contributed by atoms with van der Waals surface area (Å²) in [6.45, 7) is 3.95. The van der Waals surface area contributed by atoms with E-state index in [-0.39, 0.29) is 22.9 Å². The Morgan fingerprint density at radius 3 is 2.39 bits per heavy atom. The maximum Gasteiger partial charge on any atom is 0.335 e. The van der Waals surface area contributed by atoms with Gasteiger partial charge in [0.2, 0.25) is 0 Å². The third-order valence-electron chi connectivity index (χ3n) is 5.65. The molecule has 0 saturated carbocycles. The summed E-state index contributed by atoms with van der Waals surface area (Å²) >= 11 is 12.7. The van der Waals surface area contributed by atoms with E-state index in [9.17, 15) is 14.4 Å². The van der Waals surface area contributed by atoms with Crippen LogP contribution in [0.15, 0.2) is 60.2 Å². The van der Waals surface area contributed by atoms with Crippen molar-refractivity contribution in [2.24, 2.45) is 0 Å². The number of benzene rings is 3. The third-order valence-corrected chi connectivity index (χ3v) is 6.34. The van der Waals surface area contributed by atoms with E-state index < -0.39 is 17.8 Å². The van der Waals surface area contributed by atoms with Crippen molar-refractivity contribution in [2.45, 2.75) is 20.5 Å². The number of rotatable bonds is 6. The first-order valence-corrected chi connectivity index (χ1v) is 11.7. The summed E-state index contributed by atoms with van der Waals surface area (Å²) in [7, 11) is 1.46. The number of amides is 4. The molecule has 0 bridgehead atoms. The smallest absolute Gasteiger partial charge is 0.335 e. The minimum Gasteiger partial charge on any atom is -0.493 e. The summed E-state index contributed by atoms with van der Waals surface area (Å²) in [5.41, 5.74) is 3.06. The lowest BCUT2D eigenvalue weighted by molar-refractivity contribution is -0.122. The molecule has 3 aromatic rings. The normalized spacial score (nSPS) is 14.8. The summed E-state index contributed by atoms with van der Waals surface area (Å²) in [5.74, 6) is -0.962. The number of halogens is 2. The molecule has 9 heteroatoms. The van der Waals surface area contributed by atoms with Gasteiger partial charge in [0.1, 0.15) is 12.2 Å². The van der Waals surface area contributed by atoms with Gasteiger partial charge in [-0.1, -0.05) is 59.1 Å². The van der Waals surface area contributed by atoms with Gasteiger partial charge in [-0.15, -0.1) is 0 Å². The molecule has 4 amide bonds. The third kappa shape index (κ3) is 5.08. The molecule has 1 fully saturated rings. The molecule has 0 unspecified atom stereocenters. The summed E-state index contributed by atoms with van der Waals surface area (Å²) in [5, 5.41) is 2.81. The average molecular weight is 525 g/mol. The molecule has 1 N–H and O–H groups in total. The topological polar surface area (TPSA) is 84.9 Å². The first kappa shape index (κ1) is 25.3. The van der Waals surface area contributed by atoms with Crippen LogP contribution in [0.1, 0.15) is 22.3 Å². The molecule has 7 nitrogen and oxygen atoms in total. The highest BCUT2D eigenvalue weighted by Gasteiger charge is 2.37. The Kier molecular flexibility index (Phi) is 7.33. The van der Waals surface area contributed by atoms with E-state index in [4.69, 9.17) is 32.7 Å². The van der Waals surface area contributed by atoms with Crippen LogP contribution in [0.25, 0.3) is 6.08 Å². The molecule has 4 rings (SSSR count). The number of hydrogen-bond acceptors (Lipinski definition) is 5. The molecule has 1 aliphatic rings. The summed E-state index contributed by atoms with van der Waals surface area (Å²) in [6, 6.07) is 15.0. The highest BCUT2D eigenvalue weighted by atomic mass is 35.5. The van der Waals surface area contributed by atoms with Crippen LogP contribution in [0, 0.1) is 13.8 Å². The zero-order valence-corrected chi connectivity index (χ0v) is 21.2. The van der Waals surface area contributed by atoms with Crippen molar-refractivity contribution in [2.75, 3.05) is 12.0 Å². The predicted octanol–water partition coefficient (Wildman–Crippen LogP) is 5.86. The minimum atomic E-state index is -0.858. The second kappa shape index (κ2) is 10.4. The molecule has 1 aliphatic heterocycles. The van der Waals surface area contributed by atoms with E-state index in [1.807, 2.05) is 31.2 Å². The standard InChI is InChI=1S/C27H22Cl2N2O5/c1-15-7-9-17(10-8-15)14-36-24-21(29)12-18(13-23(24)35-3)11-19-25(32)30-27(34)31(26(19)33)22-6-4-5-20(28)16(22)2/h4-13H,14H2,1-3H3,(H,30,32,34)/b19-11+. The van der Waals surface area contributed by atoms with Crippen molar-refractivity contribution in [1.82, 2.24) is 5.32 Å². The quantitative estimate of drug-likeness (QED) is 0.322. The fraction of sp³-hybridized carbons (Fsp3) is 0.148. The molecule has 1 heterocycles. The lowest BCUT2D eigenvalue weighted by Gasteiger charge is -2.27. The number of methoxy groups -OCH3 is 1. The van der Waals surface area contributed by atoms with Crippen LogP contribution in [-0.2, 0) is 16.2 Å². The highest BCUT2D eigenvalue weighted by molar-refractivity contribution is 6.40. The van der Waals surface area contributed by atoms with Gasteiger partial charge in [-0.2, -0.15) is 0 Å². The van der Waals surface area contributed by atoms with Crippen molar-refractivity contribution in [3.63, 3.8) is 0 Å². The number of barbiturate groups is 1. The molecule has 0 atom stereocenters. The van der Waals surface area contributed by atoms with Crippen molar-refractivity contribution in [1.29, 1.82) is 0 Å². The van der Waals surface area contributed by atoms with E-state index in [0.717, 1.165) is 16.0 Å². The number of carbonyl (C=O) groups is 3. The largest absolute Gasteiger partial charge is 0.493 e. The van der Waals surface area contributed by atoms with Crippen molar-refractivity contribution in [3.8, 4) is 11.5 Å². The van der Waals surface area contributed by atoms with Gasteiger partial charge in [0, 0.05) is 5.02 Å². The Morgan fingerprint density at radius 2 is 1.69 bits per heavy atom. The van der Waals surface area contributed by atoms with Gasteiger partial charge in [-0.05, 0) is 60.9 Å². The highest BCUT2D eigenvalue weighted by Crippen LogP contribution is 2.38. The number of urea groups is 1. The lowest BCUT2D eigenvalue weighted by atomic mass is 10.1. The van der Waals surface area contributed by atoms with Crippen LogP contribution in [0.5, 0.6) is 11.5 Å². The molecule has 1 saturated heterocycles. The number of nitrogens with one attached hydrogen (secondary N) is 1. The van der Waals surface area contributed by atoms with Crippen LogP contribution >= 0.6 is 23.2 Å². The lowest BCUT2D eigenvalue weighted by Crippen LogP contribution is -2.54. The maximum absolute atomic E-state index is 13.2. The van der Waals surface area contributed by atoms with Crippen molar-refractivity contribution < 1.29 is 23.9 Å². The summed E-state index contributed by atoms with van der Waals surface area (Å²) in [4.78, 5) is 39.2. The van der Waals surface area contributed by atoms with Crippen LogP contribution < -0.4 is 19.7 Å². The number of nitrogens with zero attached hydrogens (tertiary/aromatic N) is 1. The van der Waals surface area contributed by atoms with E-state index in [2.05, 4.69) is 5.32 Å². The molecule has 0 aliphatic carbocycles. The van der Waals surface area contributed by atoms with Gasteiger partial charge in [0.25, 0.3) is 11.8 Å². The molecular formula is C27H22Cl2N2O5. The Balaban J connectivity index is 1.66. The number of aryl methyl sites for hydroxylation is 1. The average Bonchev–Trinajstić information content (AvgIpc) is 2.84. The number of carbonyl (C=O) groups excluding carboxylic acids is 3. The molecule has 36 heavy (non-hydrogen) atoms. The molecular weight excluding hydrogens is 503 g/mol. The van der Waals surface area contributed by atoms with Crippen molar-refractivity contribution >= 4 is 52.8 Å². The van der Waals surface area contributed by atoms with Gasteiger partial charge in [0.05, 0.1) is 17.8 Å². The SMILES string of the molecule is COc1cc(/C=C2\C(=O)NC(=O)N(c3cccc(Cl)c3C)C2=O)cc(Cl)c1OCc1ccc(C)cc1. The first-order valence-electron chi connectivity index (χ1n) is 10.9. The second-order valence-corrected chi connectivity index (χ2v) is 8.96. The summed E-state index contributed by atoms with van der Waals surface area (Å²) in [6.07, 6.45) is 1.34. The molecule has 3 aromatic carbocycles. The zero-order chi connectivity index (χ0) is 26.0. The Morgan fingerprint density at radius 1 is 0.972 bits per heavy atom. The van der Waals surface area contributed by atoms with Crippen LogP contribution in [-0.4, -0.2) is 25.0 Å². The van der Waals surface area contributed by atoms with E-state index in [1.165, 1.54) is 13.2 Å². The first-order chi connectivity index (χ1) is 17.2. The van der Waals surface area contributed by atoms with Crippen molar-refractivity contribution in [3.05, 3.63) is 92.5 Å². The van der Waals surface area contributed by atoms with Crippen LogP contribution in [0.3, 0.4) is 0 Å². The molecule has 0 radical (unpaired) electrons. The minimum absolute atomic E-state index is 0.232. The Bertz CT molecular complexity index is 1400. The Hall–Kier alpha value is -3.81. The number of ether oxygens (including phenoxy) is 2. The van der Waals surface area contributed by atoms with E-state index in [1.54, 1.807) is 37.3 Å². The molecule has 184 valence electrons. The van der Waals surface area contributed by atoms with Gasteiger partial charge in [0.15, 0.2) is 11.5 Å². The number of hydrogen-bond donors (Lipinski definition) is 1. The zero-order valence-electron chi connectivity index (χ0n) is 19.7. The molecule has 0 aromatic heterocycles. The summed E-state index contributed by atoms with van der Waals surface area (Å²) < 4.78 is 11.3. The second-order valence-electron chi connectivity index (χ2n) is 8.15. The fourth-order valence-corrected chi connectivity index (χ4v) is 4.13. The maximum atomic E-state index is 13.2. The van der Waals surface area contributed by atoms with E-state index in [0.29, 0.717) is 27.6 Å². The van der Waals surface area contributed by atoms with Gasteiger partial charge in [-0.25, -0.2) is 9.69 Å². The Labute approximate surface area is 218 Å². The van der Waals surface area contributed by atoms with Crippen LogP contribution in [0.2, 0.25) is 10.0 Å². The monoisotopic (exact) mass is 524 g/mol. The van der Waals surface area contributed by atoms with Crippen LogP contribution in [0.4, 0.5) is 10.5 Å². The predicted molar refractivity (Wildman–Crippen MR) is 139 cm³/mol. The van der Waals surface area contributed by atoms with Gasteiger partial charge in [-0.3, -0.25) is 14.9 Å². The number of imide groups is 2. The van der Waals surface area contributed by atoms with Gasteiger partial charge < -0.3 is 9.47 Å².